The van der Waals surface area contributed by atoms with Gasteiger partial charge in [0.25, 0.3) is 0 Å². The quantitative estimate of drug-likeness (QED) is 0.453. The molecule has 0 bridgehead atoms. The summed E-state index contributed by atoms with van der Waals surface area (Å²) in [5.74, 6) is 0.690. The number of para-hydroxylation sites is 1. The number of rotatable bonds is 1. The summed E-state index contributed by atoms with van der Waals surface area (Å²) in [6.45, 7) is 0. The lowest BCUT2D eigenvalue weighted by atomic mass is 10.2. The van der Waals surface area contributed by atoms with Crippen molar-refractivity contribution in [2.24, 2.45) is 0 Å². The second-order valence-electron chi connectivity index (χ2n) is 4.50. The molecule has 0 saturated carbocycles. The van der Waals surface area contributed by atoms with E-state index in [9.17, 15) is 0 Å². The molecular weight excluding hydrogens is 288 g/mol. The Hall–Kier alpha value is -1.97. The summed E-state index contributed by atoms with van der Waals surface area (Å²) in [6.07, 6.45) is 0. The third kappa shape index (κ3) is 1.87. The van der Waals surface area contributed by atoms with Crippen molar-refractivity contribution in [3.63, 3.8) is 0 Å². The van der Waals surface area contributed by atoms with Crippen molar-refractivity contribution < 1.29 is 0 Å². The van der Waals surface area contributed by atoms with Gasteiger partial charge in [0, 0.05) is 10.1 Å². The predicted octanol–water partition coefficient (Wildman–Crippen LogP) is 5.16. The molecule has 0 atom stereocenters. The first-order valence-electron chi connectivity index (χ1n) is 6.22. The molecule has 96 valence electrons. The highest BCUT2D eigenvalue weighted by Gasteiger charge is 2.10. The van der Waals surface area contributed by atoms with Crippen LogP contribution in [0.4, 0.5) is 0 Å². The van der Waals surface area contributed by atoms with Crippen molar-refractivity contribution >= 4 is 43.9 Å². The zero-order valence-corrected chi connectivity index (χ0v) is 11.9. The average Bonchev–Trinajstić information content (AvgIpc) is 2.91. The van der Waals surface area contributed by atoms with Crippen molar-refractivity contribution in [3.05, 3.63) is 59.8 Å². The topological polar surface area (TPSA) is 25.8 Å². The normalized spacial score (nSPS) is 11.2. The number of hydrogen-bond donors (Lipinski definition) is 0. The van der Waals surface area contributed by atoms with Gasteiger partial charge in [0.15, 0.2) is 5.82 Å². The summed E-state index contributed by atoms with van der Waals surface area (Å²) in [5, 5.41) is 2.60. The Morgan fingerprint density at radius 3 is 2.60 bits per heavy atom. The molecule has 0 spiro atoms. The Morgan fingerprint density at radius 1 is 0.900 bits per heavy atom. The van der Waals surface area contributed by atoms with Crippen molar-refractivity contribution in [1.82, 2.24) is 9.97 Å². The van der Waals surface area contributed by atoms with Gasteiger partial charge in [0.2, 0.25) is 0 Å². The molecule has 2 aromatic carbocycles. The number of halogens is 1. The smallest absolute Gasteiger partial charge is 0.171 e. The van der Waals surface area contributed by atoms with Crippen LogP contribution >= 0.6 is 22.9 Å². The molecule has 0 amide bonds. The number of fused-ring (bicyclic) bond motifs is 2. The molecule has 0 unspecified atom stereocenters. The van der Waals surface area contributed by atoms with Crippen LogP contribution in [-0.4, -0.2) is 9.97 Å². The molecular formula is C16H9ClN2S. The van der Waals surface area contributed by atoms with Gasteiger partial charge in [-0.2, -0.15) is 0 Å². The van der Waals surface area contributed by atoms with E-state index in [0.717, 1.165) is 15.8 Å². The fraction of sp³-hybridized carbons (Fsp3) is 0. The molecule has 2 nitrogen and oxygen atoms in total. The summed E-state index contributed by atoms with van der Waals surface area (Å²) in [5.41, 5.74) is 0.875. The van der Waals surface area contributed by atoms with Gasteiger partial charge in [0.1, 0.15) is 5.15 Å². The molecule has 20 heavy (non-hydrogen) atoms. The number of thiophene rings is 1. The lowest BCUT2D eigenvalue weighted by Crippen LogP contribution is -1.89. The summed E-state index contributed by atoms with van der Waals surface area (Å²) in [4.78, 5) is 10.1. The highest BCUT2D eigenvalue weighted by Crippen LogP contribution is 2.33. The lowest BCUT2D eigenvalue weighted by molar-refractivity contribution is 1.24. The van der Waals surface area contributed by atoms with Gasteiger partial charge in [-0.1, -0.05) is 41.9 Å². The van der Waals surface area contributed by atoms with Gasteiger partial charge in [-0.25, -0.2) is 9.97 Å². The van der Waals surface area contributed by atoms with E-state index in [0.29, 0.717) is 11.0 Å². The van der Waals surface area contributed by atoms with E-state index in [1.54, 1.807) is 11.3 Å². The molecule has 2 aromatic heterocycles. The molecule has 0 saturated heterocycles. The Bertz CT molecular complexity index is 897. The molecule has 0 aliphatic carbocycles. The van der Waals surface area contributed by atoms with Crippen LogP contribution in [-0.2, 0) is 0 Å². The first-order valence-corrected chi connectivity index (χ1v) is 7.42. The summed E-state index contributed by atoms with van der Waals surface area (Å²) < 4.78 is 1.23. The summed E-state index contributed by atoms with van der Waals surface area (Å²) in [6, 6.07) is 18.2. The van der Waals surface area contributed by atoms with Gasteiger partial charge < -0.3 is 0 Å². The van der Waals surface area contributed by atoms with Crippen LogP contribution in [0.15, 0.2) is 54.6 Å². The molecule has 0 aliphatic rings. The maximum absolute atomic E-state index is 6.26. The molecule has 0 N–H and O–H groups in total. The standard InChI is InChI=1S/C16H9ClN2S/c17-15-11-6-2-3-7-12(11)18-16(19-15)14-9-10-5-1-4-8-13(10)20-14/h1-9H. The maximum atomic E-state index is 6.26. The minimum Gasteiger partial charge on any atom is -0.227 e. The Labute approximate surface area is 124 Å². The highest BCUT2D eigenvalue weighted by molar-refractivity contribution is 7.22. The van der Waals surface area contributed by atoms with Crippen molar-refractivity contribution in [2.75, 3.05) is 0 Å². The minimum absolute atomic E-state index is 0.503. The predicted molar refractivity (Wildman–Crippen MR) is 85.4 cm³/mol. The molecule has 0 aliphatic heterocycles. The molecule has 0 fully saturated rings. The van der Waals surface area contributed by atoms with Crippen LogP contribution in [0.2, 0.25) is 5.15 Å². The van der Waals surface area contributed by atoms with Crippen LogP contribution in [0.1, 0.15) is 0 Å². The third-order valence-electron chi connectivity index (χ3n) is 3.20. The van der Waals surface area contributed by atoms with Crippen LogP contribution in [0.25, 0.3) is 31.7 Å². The van der Waals surface area contributed by atoms with Crippen LogP contribution in [0.3, 0.4) is 0 Å². The molecule has 4 heteroatoms. The SMILES string of the molecule is Clc1nc(-c2cc3ccccc3s2)nc2ccccc12. The number of nitrogens with zero attached hydrogens (tertiary/aromatic N) is 2. The summed E-state index contributed by atoms with van der Waals surface area (Å²) >= 11 is 7.95. The lowest BCUT2D eigenvalue weighted by Gasteiger charge is -2.02. The third-order valence-corrected chi connectivity index (χ3v) is 4.60. The Balaban J connectivity index is 1.97. The first kappa shape index (κ1) is 11.8. The van der Waals surface area contributed by atoms with E-state index >= 15 is 0 Å². The van der Waals surface area contributed by atoms with E-state index in [1.807, 2.05) is 36.4 Å². The van der Waals surface area contributed by atoms with Crippen molar-refractivity contribution in [2.45, 2.75) is 0 Å². The van der Waals surface area contributed by atoms with E-state index in [2.05, 4.69) is 28.2 Å². The van der Waals surface area contributed by atoms with Gasteiger partial charge in [-0.05, 0) is 29.7 Å². The average molecular weight is 297 g/mol. The van der Waals surface area contributed by atoms with E-state index in [1.165, 1.54) is 10.1 Å². The zero-order chi connectivity index (χ0) is 13.5. The fourth-order valence-corrected chi connectivity index (χ4v) is 3.48. The van der Waals surface area contributed by atoms with Crippen molar-refractivity contribution in [1.29, 1.82) is 0 Å². The van der Waals surface area contributed by atoms with Gasteiger partial charge in [-0.15, -0.1) is 11.3 Å². The molecule has 4 rings (SSSR count). The molecule has 2 heterocycles. The van der Waals surface area contributed by atoms with Crippen molar-refractivity contribution in [3.8, 4) is 10.7 Å². The Kier molecular flexibility index (Phi) is 2.69. The number of hydrogen-bond acceptors (Lipinski definition) is 3. The number of benzene rings is 2. The number of aromatic nitrogens is 2. The molecule has 0 radical (unpaired) electrons. The second-order valence-corrected chi connectivity index (χ2v) is 5.95. The Morgan fingerprint density at radius 2 is 1.70 bits per heavy atom. The maximum Gasteiger partial charge on any atom is 0.171 e. The van der Waals surface area contributed by atoms with Crippen LogP contribution in [0.5, 0.6) is 0 Å². The fourth-order valence-electron chi connectivity index (χ4n) is 2.24. The van der Waals surface area contributed by atoms with E-state index < -0.39 is 0 Å². The van der Waals surface area contributed by atoms with Gasteiger partial charge >= 0.3 is 0 Å². The van der Waals surface area contributed by atoms with E-state index in [-0.39, 0.29) is 0 Å². The van der Waals surface area contributed by atoms with Crippen LogP contribution < -0.4 is 0 Å². The first-order chi connectivity index (χ1) is 9.81. The van der Waals surface area contributed by atoms with Crippen LogP contribution in [0, 0.1) is 0 Å². The minimum atomic E-state index is 0.503. The molecule has 4 aromatic rings. The highest BCUT2D eigenvalue weighted by atomic mass is 35.5. The van der Waals surface area contributed by atoms with Gasteiger partial charge in [-0.3, -0.25) is 0 Å². The zero-order valence-electron chi connectivity index (χ0n) is 10.4. The van der Waals surface area contributed by atoms with Gasteiger partial charge in [0.05, 0.1) is 10.4 Å². The second kappa shape index (κ2) is 4.54. The van der Waals surface area contributed by atoms with E-state index in [4.69, 9.17) is 11.6 Å². The largest absolute Gasteiger partial charge is 0.227 e. The summed E-state index contributed by atoms with van der Waals surface area (Å²) in [7, 11) is 0. The monoisotopic (exact) mass is 296 g/mol.